The summed E-state index contributed by atoms with van der Waals surface area (Å²) in [6, 6.07) is 5.57. The fraction of sp³-hybridized carbons (Fsp3) is 0. The molecule has 0 atom stereocenters. The van der Waals surface area contributed by atoms with Gasteiger partial charge in [0.15, 0.2) is 0 Å². The summed E-state index contributed by atoms with van der Waals surface area (Å²) in [5, 5.41) is 1.64. The molecule has 0 fully saturated rings. The van der Waals surface area contributed by atoms with Crippen molar-refractivity contribution < 1.29 is 0 Å². The summed E-state index contributed by atoms with van der Waals surface area (Å²) in [6.07, 6.45) is 0. The molecule has 0 N–H and O–H groups in total. The van der Waals surface area contributed by atoms with Gasteiger partial charge in [-0.1, -0.05) is 96.3 Å². The van der Waals surface area contributed by atoms with Gasteiger partial charge in [0, 0.05) is 9.37 Å². The largest absolute Gasteiger partial charge is 0.0830 e. The highest BCUT2D eigenvalue weighted by Gasteiger charge is 2.20. The van der Waals surface area contributed by atoms with Gasteiger partial charge in [0.05, 0.1) is 35.0 Å². The maximum atomic E-state index is 6.17. The van der Waals surface area contributed by atoms with E-state index < -0.39 is 0 Å². The van der Waals surface area contributed by atoms with E-state index in [4.69, 9.17) is 69.6 Å². The Morgan fingerprint density at radius 3 is 1.76 bits per heavy atom. The summed E-state index contributed by atoms with van der Waals surface area (Å²) in [6.45, 7) is 0. The second-order valence-electron chi connectivity index (χ2n) is 3.64. The SMILES string of the molecule is Clc1cc(Br)ccc1SSc1c(Cl)c(Cl)c(Cl)c(Cl)c1Cl. The predicted molar refractivity (Wildman–Crippen MR) is 102 cm³/mol. The number of benzene rings is 2. The van der Waals surface area contributed by atoms with Crippen LogP contribution in [0.1, 0.15) is 0 Å². The van der Waals surface area contributed by atoms with Crippen LogP contribution in [0.5, 0.6) is 0 Å². The molecule has 112 valence electrons. The zero-order valence-electron chi connectivity index (χ0n) is 9.69. The third-order valence-corrected chi connectivity index (χ3v) is 8.18. The van der Waals surface area contributed by atoms with Crippen LogP contribution in [0.4, 0.5) is 0 Å². The van der Waals surface area contributed by atoms with Crippen molar-refractivity contribution in [2.24, 2.45) is 0 Å². The zero-order chi connectivity index (χ0) is 15.7. The summed E-state index contributed by atoms with van der Waals surface area (Å²) in [5.41, 5.74) is 0. The molecule has 0 aliphatic rings. The van der Waals surface area contributed by atoms with Crippen molar-refractivity contribution in [3.8, 4) is 0 Å². The monoisotopic (exact) mass is 500 g/mol. The second-order valence-corrected chi connectivity index (χ2v) is 9.03. The highest BCUT2D eigenvalue weighted by molar-refractivity contribution is 9.10. The van der Waals surface area contributed by atoms with Crippen LogP contribution in [0.15, 0.2) is 32.5 Å². The van der Waals surface area contributed by atoms with Crippen LogP contribution in [0.25, 0.3) is 0 Å². The molecular weight excluding hydrogens is 501 g/mol. The highest BCUT2D eigenvalue weighted by Crippen LogP contribution is 2.52. The summed E-state index contributed by atoms with van der Waals surface area (Å²) >= 11 is 39.9. The minimum absolute atomic E-state index is 0.143. The average molecular weight is 504 g/mol. The number of hydrogen-bond acceptors (Lipinski definition) is 2. The van der Waals surface area contributed by atoms with Gasteiger partial charge in [-0.25, -0.2) is 0 Å². The van der Waals surface area contributed by atoms with Gasteiger partial charge in [-0.2, -0.15) is 0 Å². The van der Waals surface area contributed by atoms with Crippen LogP contribution in [0.2, 0.25) is 30.1 Å². The van der Waals surface area contributed by atoms with Crippen LogP contribution in [-0.2, 0) is 0 Å². The van der Waals surface area contributed by atoms with E-state index in [1.165, 1.54) is 21.6 Å². The van der Waals surface area contributed by atoms with Crippen LogP contribution in [-0.4, -0.2) is 0 Å². The van der Waals surface area contributed by atoms with Crippen molar-refractivity contribution in [2.75, 3.05) is 0 Å². The first-order valence-corrected chi connectivity index (χ1v) is 10.3. The predicted octanol–water partition coefficient (Wildman–Crippen LogP) is 9.17. The van der Waals surface area contributed by atoms with Crippen LogP contribution < -0.4 is 0 Å². The van der Waals surface area contributed by atoms with Crippen molar-refractivity contribution in [3.63, 3.8) is 0 Å². The minimum Gasteiger partial charge on any atom is -0.0830 e. The molecule has 21 heavy (non-hydrogen) atoms. The lowest BCUT2D eigenvalue weighted by Crippen LogP contribution is -1.83. The first-order valence-electron chi connectivity index (χ1n) is 5.14. The van der Waals surface area contributed by atoms with E-state index >= 15 is 0 Å². The maximum Gasteiger partial charge on any atom is 0.0809 e. The Morgan fingerprint density at radius 2 is 1.24 bits per heavy atom. The summed E-state index contributed by atoms with van der Waals surface area (Å²) in [4.78, 5) is 1.40. The van der Waals surface area contributed by atoms with Crippen molar-refractivity contribution in [3.05, 3.63) is 52.8 Å². The highest BCUT2D eigenvalue weighted by atomic mass is 79.9. The van der Waals surface area contributed by atoms with Gasteiger partial charge < -0.3 is 0 Å². The van der Waals surface area contributed by atoms with Crippen molar-refractivity contribution in [1.82, 2.24) is 0 Å². The summed E-state index contributed by atoms with van der Waals surface area (Å²) in [7, 11) is 2.70. The van der Waals surface area contributed by atoms with E-state index in [0.717, 1.165) is 9.37 Å². The van der Waals surface area contributed by atoms with Crippen LogP contribution in [0, 0.1) is 0 Å². The van der Waals surface area contributed by atoms with Gasteiger partial charge in [-0.15, -0.1) is 0 Å². The lowest BCUT2D eigenvalue weighted by Gasteiger charge is -2.11. The van der Waals surface area contributed by atoms with Crippen molar-refractivity contribution in [1.29, 1.82) is 0 Å². The van der Waals surface area contributed by atoms with E-state index in [0.29, 0.717) is 9.92 Å². The van der Waals surface area contributed by atoms with E-state index in [9.17, 15) is 0 Å². The third-order valence-electron chi connectivity index (χ3n) is 2.28. The number of rotatable bonds is 3. The number of halogens is 7. The smallest absolute Gasteiger partial charge is 0.0809 e. The molecule has 9 heteroatoms. The second kappa shape index (κ2) is 7.96. The van der Waals surface area contributed by atoms with E-state index in [1.807, 2.05) is 12.1 Å². The Kier molecular flexibility index (Phi) is 7.08. The van der Waals surface area contributed by atoms with E-state index in [-0.39, 0.29) is 25.1 Å². The number of hydrogen-bond donors (Lipinski definition) is 0. The molecule has 2 aromatic carbocycles. The Hall–Kier alpha value is 1.36. The van der Waals surface area contributed by atoms with Gasteiger partial charge in [0.2, 0.25) is 0 Å². The molecule has 0 bridgehead atoms. The summed E-state index contributed by atoms with van der Waals surface area (Å²) < 4.78 is 0.899. The van der Waals surface area contributed by atoms with Gasteiger partial charge in [-0.3, -0.25) is 0 Å². The molecule has 0 unspecified atom stereocenters. The lowest BCUT2D eigenvalue weighted by molar-refractivity contribution is 1.45. The third kappa shape index (κ3) is 4.26. The summed E-state index contributed by atoms with van der Waals surface area (Å²) in [5.74, 6) is 0. The molecule has 0 spiro atoms. The molecule has 0 heterocycles. The zero-order valence-corrected chi connectivity index (χ0v) is 17.4. The quantitative estimate of drug-likeness (QED) is 0.232. The Morgan fingerprint density at radius 1 is 0.714 bits per heavy atom. The van der Waals surface area contributed by atoms with E-state index in [1.54, 1.807) is 6.07 Å². The first kappa shape index (κ1) is 18.7. The van der Waals surface area contributed by atoms with Crippen LogP contribution >= 0.6 is 107 Å². The maximum absolute atomic E-state index is 6.17. The fourth-order valence-electron chi connectivity index (χ4n) is 1.29. The fourth-order valence-corrected chi connectivity index (χ4v) is 6.21. The molecule has 0 saturated heterocycles. The molecule has 0 aliphatic carbocycles. The molecule has 0 nitrogen and oxygen atoms in total. The average Bonchev–Trinajstić information content (AvgIpc) is 2.45. The Balaban J connectivity index is 2.32. The molecule has 0 aliphatic heterocycles. The standard InChI is InChI=1S/C12H3BrCl6S2/c13-4-1-2-6(5(14)3-4)20-21-12-10(18)8(16)7(15)9(17)11(12)19/h1-3H. The van der Waals surface area contributed by atoms with Gasteiger partial charge >= 0.3 is 0 Å². The van der Waals surface area contributed by atoms with Gasteiger partial charge in [-0.05, 0) is 29.0 Å². The molecule has 0 radical (unpaired) electrons. The molecular formula is C12H3BrCl6S2. The molecule has 0 amide bonds. The van der Waals surface area contributed by atoms with Crippen molar-refractivity contribution >= 4 is 107 Å². The molecule has 0 saturated carbocycles. The van der Waals surface area contributed by atoms with Crippen LogP contribution in [0.3, 0.4) is 0 Å². The first-order chi connectivity index (χ1) is 9.82. The molecule has 0 aromatic heterocycles. The van der Waals surface area contributed by atoms with Crippen molar-refractivity contribution in [2.45, 2.75) is 9.79 Å². The topological polar surface area (TPSA) is 0 Å². The Labute approximate surface area is 168 Å². The minimum atomic E-state index is 0.143. The molecule has 2 aromatic rings. The van der Waals surface area contributed by atoms with Gasteiger partial charge in [0.1, 0.15) is 0 Å². The molecule has 2 rings (SSSR count). The Bertz CT molecular complexity index is 678. The normalized spacial score (nSPS) is 11.0. The lowest BCUT2D eigenvalue weighted by atomic mass is 10.3. The van der Waals surface area contributed by atoms with Gasteiger partial charge in [0.25, 0.3) is 0 Å². The van der Waals surface area contributed by atoms with E-state index in [2.05, 4.69) is 15.9 Å².